The maximum atomic E-state index is 12.4. The lowest BCUT2D eigenvalue weighted by molar-refractivity contribution is -0.134. The molecule has 1 aliphatic rings. The van der Waals surface area contributed by atoms with Crippen LogP contribution < -0.4 is 10.6 Å². The van der Waals surface area contributed by atoms with Gasteiger partial charge >= 0.3 is 0 Å². The van der Waals surface area contributed by atoms with E-state index in [4.69, 9.17) is 0 Å². The molecule has 1 saturated heterocycles. The molecule has 0 aromatic heterocycles. The van der Waals surface area contributed by atoms with Gasteiger partial charge in [-0.1, -0.05) is 20.8 Å². The van der Waals surface area contributed by atoms with Crippen molar-refractivity contribution in [1.82, 2.24) is 15.5 Å². The van der Waals surface area contributed by atoms with Gasteiger partial charge in [0.1, 0.15) is 0 Å². The molecular formula is C16H31N3O2. The molecule has 2 amide bonds. The minimum Gasteiger partial charge on any atom is -0.356 e. The average molecular weight is 297 g/mol. The summed E-state index contributed by atoms with van der Waals surface area (Å²) in [5.74, 6) is 0.572. The summed E-state index contributed by atoms with van der Waals surface area (Å²) in [7, 11) is 0. The van der Waals surface area contributed by atoms with Crippen LogP contribution in [0.2, 0.25) is 0 Å². The molecule has 0 bridgehead atoms. The standard InChI is InChI=1S/C16H31N3O2/c1-4-11-19(14-5-8-17-9-6-14)16(21)7-10-18-15(20)12-13(2)3/h13-14,17H,4-12H2,1-3H3,(H,18,20). The van der Waals surface area contributed by atoms with E-state index in [2.05, 4.69) is 17.6 Å². The minimum atomic E-state index is 0.0432. The van der Waals surface area contributed by atoms with Gasteiger partial charge in [0.2, 0.25) is 11.8 Å². The number of nitrogens with one attached hydrogen (secondary N) is 2. The quantitative estimate of drug-likeness (QED) is 0.714. The van der Waals surface area contributed by atoms with Crippen LogP contribution in [-0.4, -0.2) is 48.9 Å². The summed E-state index contributed by atoms with van der Waals surface area (Å²) in [6.45, 7) is 9.40. The number of hydrogen-bond donors (Lipinski definition) is 2. The first-order chi connectivity index (χ1) is 10.0. The molecule has 0 aromatic rings. The molecule has 0 radical (unpaired) electrons. The molecular weight excluding hydrogens is 266 g/mol. The highest BCUT2D eigenvalue weighted by Crippen LogP contribution is 2.13. The van der Waals surface area contributed by atoms with E-state index in [1.807, 2.05) is 18.7 Å². The second-order valence-corrected chi connectivity index (χ2v) is 6.27. The van der Waals surface area contributed by atoms with E-state index in [0.29, 0.717) is 31.3 Å². The molecule has 1 rings (SSSR count). The Balaban J connectivity index is 2.36. The van der Waals surface area contributed by atoms with E-state index in [1.165, 1.54) is 0 Å². The van der Waals surface area contributed by atoms with Crippen LogP contribution in [0.3, 0.4) is 0 Å². The molecule has 5 heteroatoms. The van der Waals surface area contributed by atoms with Gasteiger partial charge in [-0.3, -0.25) is 9.59 Å². The van der Waals surface area contributed by atoms with E-state index < -0.39 is 0 Å². The van der Waals surface area contributed by atoms with Crippen LogP contribution in [0.15, 0.2) is 0 Å². The predicted molar refractivity (Wildman–Crippen MR) is 85.0 cm³/mol. The van der Waals surface area contributed by atoms with Crippen molar-refractivity contribution in [3.05, 3.63) is 0 Å². The van der Waals surface area contributed by atoms with Crippen molar-refractivity contribution in [3.8, 4) is 0 Å². The Morgan fingerprint density at radius 1 is 1.29 bits per heavy atom. The highest BCUT2D eigenvalue weighted by Gasteiger charge is 2.24. The Labute approximate surface area is 128 Å². The maximum absolute atomic E-state index is 12.4. The normalized spacial score (nSPS) is 16.0. The monoisotopic (exact) mass is 297 g/mol. The van der Waals surface area contributed by atoms with Crippen LogP contribution in [0.25, 0.3) is 0 Å². The maximum Gasteiger partial charge on any atom is 0.224 e. The first-order valence-electron chi connectivity index (χ1n) is 8.31. The molecule has 0 saturated carbocycles. The van der Waals surface area contributed by atoms with Crippen molar-refractivity contribution < 1.29 is 9.59 Å². The van der Waals surface area contributed by atoms with Gasteiger partial charge in [-0.25, -0.2) is 0 Å². The molecule has 0 spiro atoms. The SMILES string of the molecule is CCCN(C(=O)CCNC(=O)CC(C)C)C1CCNCC1. The Morgan fingerprint density at radius 2 is 1.95 bits per heavy atom. The second kappa shape index (κ2) is 9.77. The fourth-order valence-electron chi connectivity index (χ4n) is 2.77. The first-order valence-corrected chi connectivity index (χ1v) is 8.31. The van der Waals surface area contributed by atoms with Crippen molar-refractivity contribution in [2.24, 2.45) is 5.92 Å². The van der Waals surface area contributed by atoms with Crippen molar-refractivity contribution >= 4 is 11.8 Å². The largest absolute Gasteiger partial charge is 0.356 e. The fraction of sp³-hybridized carbons (Fsp3) is 0.875. The number of amides is 2. The molecule has 122 valence electrons. The molecule has 1 fully saturated rings. The lowest BCUT2D eigenvalue weighted by Crippen LogP contribution is -2.47. The van der Waals surface area contributed by atoms with Gasteiger partial charge in [0.05, 0.1) is 0 Å². The third-order valence-electron chi connectivity index (χ3n) is 3.79. The Bertz CT molecular complexity index is 325. The summed E-state index contributed by atoms with van der Waals surface area (Å²) in [5, 5.41) is 6.18. The highest BCUT2D eigenvalue weighted by atomic mass is 16.2. The summed E-state index contributed by atoms with van der Waals surface area (Å²) < 4.78 is 0. The van der Waals surface area contributed by atoms with E-state index in [-0.39, 0.29) is 11.8 Å². The molecule has 2 N–H and O–H groups in total. The number of hydrogen-bond acceptors (Lipinski definition) is 3. The fourth-order valence-corrected chi connectivity index (χ4v) is 2.77. The molecule has 21 heavy (non-hydrogen) atoms. The van der Waals surface area contributed by atoms with Gasteiger partial charge in [0.25, 0.3) is 0 Å². The molecule has 0 aliphatic carbocycles. The third-order valence-corrected chi connectivity index (χ3v) is 3.79. The number of carbonyl (C=O) groups is 2. The Hall–Kier alpha value is -1.10. The van der Waals surface area contributed by atoms with Crippen LogP contribution in [0.5, 0.6) is 0 Å². The van der Waals surface area contributed by atoms with Crippen molar-refractivity contribution in [3.63, 3.8) is 0 Å². The molecule has 1 heterocycles. The minimum absolute atomic E-state index is 0.0432. The van der Waals surface area contributed by atoms with Crippen molar-refractivity contribution in [2.45, 2.75) is 58.9 Å². The van der Waals surface area contributed by atoms with Crippen LogP contribution in [-0.2, 0) is 9.59 Å². The van der Waals surface area contributed by atoms with Crippen molar-refractivity contribution in [1.29, 1.82) is 0 Å². The van der Waals surface area contributed by atoms with Crippen LogP contribution in [0, 0.1) is 5.92 Å². The van der Waals surface area contributed by atoms with Crippen LogP contribution in [0.4, 0.5) is 0 Å². The number of rotatable bonds is 8. The van der Waals surface area contributed by atoms with Gasteiger partial charge in [-0.2, -0.15) is 0 Å². The van der Waals surface area contributed by atoms with Gasteiger partial charge in [0, 0.05) is 32.0 Å². The molecule has 0 aromatic carbocycles. The van der Waals surface area contributed by atoms with Crippen LogP contribution in [0.1, 0.15) is 52.9 Å². The van der Waals surface area contributed by atoms with Gasteiger partial charge < -0.3 is 15.5 Å². The predicted octanol–water partition coefficient (Wildman–Crippen LogP) is 1.53. The lowest BCUT2D eigenvalue weighted by atomic mass is 10.0. The molecule has 5 nitrogen and oxygen atoms in total. The summed E-state index contributed by atoms with van der Waals surface area (Å²) in [4.78, 5) is 26.0. The summed E-state index contributed by atoms with van der Waals surface area (Å²) in [6, 6.07) is 0.366. The molecule has 1 aliphatic heterocycles. The topological polar surface area (TPSA) is 61.4 Å². The Morgan fingerprint density at radius 3 is 2.52 bits per heavy atom. The zero-order valence-electron chi connectivity index (χ0n) is 13.8. The zero-order chi connectivity index (χ0) is 15.7. The summed E-state index contributed by atoms with van der Waals surface area (Å²) in [6.07, 6.45) is 3.99. The van der Waals surface area contributed by atoms with Gasteiger partial charge in [0.15, 0.2) is 0 Å². The first kappa shape index (κ1) is 18.0. The lowest BCUT2D eigenvalue weighted by Gasteiger charge is -2.34. The van der Waals surface area contributed by atoms with Gasteiger partial charge in [-0.05, 0) is 38.3 Å². The highest BCUT2D eigenvalue weighted by molar-refractivity contribution is 5.79. The summed E-state index contributed by atoms with van der Waals surface area (Å²) >= 11 is 0. The van der Waals surface area contributed by atoms with E-state index in [9.17, 15) is 9.59 Å². The van der Waals surface area contributed by atoms with E-state index >= 15 is 0 Å². The smallest absolute Gasteiger partial charge is 0.224 e. The number of nitrogens with zero attached hydrogens (tertiary/aromatic N) is 1. The van der Waals surface area contributed by atoms with Crippen molar-refractivity contribution in [2.75, 3.05) is 26.2 Å². The third kappa shape index (κ3) is 6.93. The number of carbonyl (C=O) groups excluding carboxylic acids is 2. The van der Waals surface area contributed by atoms with Crippen LogP contribution >= 0.6 is 0 Å². The van der Waals surface area contributed by atoms with E-state index in [0.717, 1.165) is 38.9 Å². The van der Waals surface area contributed by atoms with E-state index in [1.54, 1.807) is 0 Å². The van der Waals surface area contributed by atoms with Gasteiger partial charge in [-0.15, -0.1) is 0 Å². The average Bonchev–Trinajstić information content (AvgIpc) is 2.44. The Kier molecular flexibility index (Phi) is 8.35. The zero-order valence-corrected chi connectivity index (χ0v) is 13.8. The molecule has 0 unspecified atom stereocenters. The second-order valence-electron chi connectivity index (χ2n) is 6.27. The summed E-state index contributed by atoms with van der Waals surface area (Å²) in [5.41, 5.74) is 0. The molecule has 0 atom stereocenters. The number of piperidine rings is 1.